The van der Waals surface area contributed by atoms with Crippen LogP contribution in [-0.4, -0.2) is 29.1 Å². The largest absolute Gasteiger partial charge is 0.291 e. The van der Waals surface area contributed by atoms with Crippen molar-refractivity contribution >= 4 is 66.1 Å². The summed E-state index contributed by atoms with van der Waals surface area (Å²) in [6.45, 7) is 6.79. The highest BCUT2D eigenvalue weighted by atomic mass is 15.2. The van der Waals surface area contributed by atoms with Gasteiger partial charge in [-0.05, 0) is 6.92 Å². The normalized spacial score (nSPS) is 14.1. The number of hydrogen-bond acceptors (Lipinski definition) is 4. The second-order valence-electron chi connectivity index (χ2n) is 11.1. The highest BCUT2D eigenvalue weighted by molar-refractivity contribution is 6.24. The van der Waals surface area contributed by atoms with Gasteiger partial charge in [0.2, 0.25) is 0 Å². The summed E-state index contributed by atoms with van der Waals surface area (Å²) in [5.74, 6) is 0. The Morgan fingerprint density at radius 2 is 0.976 bits per heavy atom. The molecular formula is C36H22N6. The van der Waals surface area contributed by atoms with Gasteiger partial charge in [0.25, 0.3) is 0 Å². The summed E-state index contributed by atoms with van der Waals surface area (Å²) in [6, 6.07) is 25.4. The van der Waals surface area contributed by atoms with Gasteiger partial charge in [-0.1, -0.05) is 97.6 Å². The molecule has 0 saturated carbocycles. The van der Waals surface area contributed by atoms with Gasteiger partial charge in [0.15, 0.2) is 0 Å². The van der Waals surface area contributed by atoms with Crippen LogP contribution in [0.2, 0.25) is 0 Å². The smallest absolute Gasteiger partial charge is 0.144 e. The van der Waals surface area contributed by atoms with E-state index in [9.17, 15) is 0 Å². The molecule has 196 valence electrons. The van der Waals surface area contributed by atoms with E-state index >= 15 is 0 Å². The Kier molecular flexibility index (Phi) is 3.98. The number of hydrogen-bond donors (Lipinski definition) is 0. The van der Waals surface area contributed by atoms with Crippen LogP contribution in [0.3, 0.4) is 0 Å². The molecule has 0 radical (unpaired) electrons. The number of nitrogens with zero attached hydrogens (tertiary/aromatic N) is 6. The van der Waals surface area contributed by atoms with E-state index in [-0.39, 0.29) is 0 Å². The molecule has 4 aromatic heterocycles. The van der Waals surface area contributed by atoms with Gasteiger partial charge in [0, 0.05) is 54.6 Å². The van der Waals surface area contributed by atoms with E-state index in [2.05, 4.69) is 101 Å². The van der Waals surface area contributed by atoms with Crippen molar-refractivity contribution in [1.29, 1.82) is 0 Å². The molecule has 0 saturated heterocycles. The first-order valence-electron chi connectivity index (χ1n) is 14.2. The van der Waals surface area contributed by atoms with Gasteiger partial charge in [-0.15, -0.1) is 0 Å². The van der Waals surface area contributed by atoms with Crippen LogP contribution < -0.4 is 0 Å². The van der Waals surface area contributed by atoms with Crippen LogP contribution in [-0.2, 0) is 6.67 Å². The zero-order chi connectivity index (χ0) is 27.7. The van der Waals surface area contributed by atoms with Gasteiger partial charge in [-0.3, -0.25) is 9.13 Å². The average molecular weight is 539 g/mol. The van der Waals surface area contributed by atoms with E-state index in [1.807, 2.05) is 13.0 Å². The molecule has 3 aromatic carbocycles. The van der Waals surface area contributed by atoms with Crippen molar-refractivity contribution in [3.05, 3.63) is 109 Å². The molecular weight excluding hydrogens is 516 g/mol. The van der Waals surface area contributed by atoms with Crippen LogP contribution in [0.1, 0.15) is 18.3 Å². The molecule has 0 spiro atoms. The number of allylic oxidation sites excluding steroid dienone is 5. The van der Waals surface area contributed by atoms with Gasteiger partial charge in [-0.25, -0.2) is 19.9 Å². The average Bonchev–Trinajstić information content (AvgIpc) is 3.69. The fraction of sp³-hybridized carbons (Fsp3) is 0.0556. The first kappa shape index (κ1) is 22.1. The Bertz CT molecular complexity index is 2540. The van der Waals surface area contributed by atoms with Crippen molar-refractivity contribution in [2.75, 3.05) is 0 Å². The van der Waals surface area contributed by atoms with Gasteiger partial charge >= 0.3 is 0 Å². The Morgan fingerprint density at radius 3 is 1.43 bits per heavy atom. The van der Waals surface area contributed by atoms with E-state index < -0.39 is 0 Å². The molecule has 42 heavy (non-hydrogen) atoms. The Morgan fingerprint density at radius 1 is 0.571 bits per heavy atom. The van der Waals surface area contributed by atoms with Crippen LogP contribution in [0.5, 0.6) is 0 Å². The number of fused-ring (bicyclic) bond motifs is 3. The lowest BCUT2D eigenvalue weighted by Crippen LogP contribution is -2.10. The van der Waals surface area contributed by atoms with E-state index in [1.54, 1.807) is 0 Å². The van der Waals surface area contributed by atoms with Gasteiger partial charge in [0.1, 0.15) is 29.3 Å². The molecule has 7 aromatic rings. The Balaban J connectivity index is 1.67. The van der Waals surface area contributed by atoms with Crippen LogP contribution in [0, 0.1) is 0 Å². The molecule has 0 atom stereocenters. The fourth-order valence-corrected chi connectivity index (χ4v) is 7.24. The van der Waals surface area contributed by atoms with E-state index in [4.69, 9.17) is 19.9 Å². The van der Waals surface area contributed by atoms with E-state index in [1.165, 1.54) is 0 Å². The van der Waals surface area contributed by atoms with Crippen molar-refractivity contribution in [3.8, 4) is 22.5 Å². The topological polar surface area (TPSA) is 61.4 Å². The summed E-state index contributed by atoms with van der Waals surface area (Å²) in [5.41, 5.74) is 11.2. The lowest BCUT2D eigenvalue weighted by Gasteiger charge is -2.09. The predicted octanol–water partition coefficient (Wildman–Crippen LogP) is 8.21. The minimum atomic E-state index is 0.475. The second kappa shape index (κ2) is 7.56. The molecule has 2 aliphatic heterocycles. The fourth-order valence-electron chi connectivity index (χ4n) is 7.24. The number of rotatable bonds is 2. The summed E-state index contributed by atoms with van der Waals surface area (Å²) in [5, 5.41) is 6.24. The molecule has 6 heterocycles. The van der Waals surface area contributed by atoms with E-state index in [0.717, 1.165) is 100.0 Å². The zero-order valence-electron chi connectivity index (χ0n) is 22.8. The predicted molar refractivity (Wildman–Crippen MR) is 170 cm³/mol. The summed E-state index contributed by atoms with van der Waals surface area (Å²) in [7, 11) is 0. The molecule has 2 aliphatic carbocycles. The molecule has 0 unspecified atom stereocenters. The van der Waals surface area contributed by atoms with E-state index in [0.29, 0.717) is 6.67 Å². The molecule has 0 fully saturated rings. The Labute approximate surface area is 239 Å². The summed E-state index contributed by atoms with van der Waals surface area (Å²) in [4.78, 5) is 22.2. The van der Waals surface area contributed by atoms with Gasteiger partial charge < -0.3 is 0 Å². The molecule has 12 bridgehead atoms. The van der Waals surface area contributed by atoms with Crippen molar-refractivity contribution < 1.29 is 0 Å². The molecule has 11 rings (SSSR count). The van der Waals surface area contributed by atoms with Gasteiger partial charge in [0.05, 0.1) is 22.8 Å². The maximum atomic E-state index is 5.55. The minimum absolute atomic E-state index is 0.475. The van der Waals surface area contributed by atoms with Crippen LogP contribution in [0.15, 0.2) is 97.6 Å². The lowest BCUT2D eigenvalue weighted by atomic mass is 10.1. The van der Waals surface area contributed by atoms with Crippen molar-refractivity contribution in [2.24, 2.45) is 0 Å². The third kappa shape index (κ3) is 2.48. The lowest BCUT2D eigenvalue weighted by molar-refractivity contribution is 0.663. The summed E-state index contributed by atoms with van der Waals surface area (Å²) >= 11 is 0. The first-order chi connectivity index (χ1) is 20.8. The van der Waals surface area contributed by atoms with Gasteiger partial charge in [-0.2, -0.15) is 0 Å². The maximum Gasteiger partial charge on any atom is 0.144 e. The second-order valence-corrected chi connectivity index (χ2v) is 11.1. The van der Waals surface area contributed by atoms with Crippen molar-refractivity contribution in [1.82, 2.24) is 29.1 Å². The maximum absolute atomic E-state index is 5.55. The molecule has 6 heteroatoms. The van der Waals surface area contributed by atoms with Crippen molar-refractivity contribution in [2.45, 2.75) is 13.6 Å². The highest BCUT2D eigenvalue weighted by Gasteiger charge is 2.33. The highest BCUT2D eigenvalue weighted by Crippen LogP contribution is 2.50. The number of benzene rings is 3. The van der Waals surface area contributed by atoms with Crippen LogP contribution >= 0.6 is 0 Å². The number of aromatic nitrogens is 6. The molecule has 0 amide bonds. The summed E-state index contributed by atoms with van der Waals surface area (Å²) in [6.07, 6.45) is 6.12. The Hall–Kier alpha value is -5.62. The van der Waals surface area contributed by atoms with Crippen LogP contribution in [0.25, 0.3) is 88.6 Å². The zero-order valence-corrected chi connectivity index (χ0v) is 22.8. The van der Waals surface area contributed by atoms with Crippen molar-refractivity contribution in [3.63, 3.8) is 0 Å². The van der Waals surface area contributed by atoms with Crippen LogP contribution in [0.4, 0.5) is 0 Å². The SMILES string of the molecule is C=CC1=C(/C=C\C)c2nc3c4ccccc4c4nc5c6c(nc7c8ccccc8c(nc1c26)n7Cn34)-c1ccccc1-5. The summed E-state index contributed by atoms with van der Waals surface area (Å²) < 4.78 is 4.49. The standard InChI is InChI=1S/C36H22N6/c1-3-11-20-19(4-2)29-27-28-31-21-12-5-6-13-22(21)32(28)40-36-26-17-10-9-16-25(26)34(38-30(20)27)42(36)18-41-33(37-29)23-14-7-8-15-24(23)35(41)39-31/h3-17H,2,18H2,1H3/b11-3-,28-27?,37-29?,37-33?,38-30?,38-34?,39-31?,39-35?,40-32?,40-36?. The quantitative estimate of drug-likeness (QED) is 0.222. The monoisotopic (exact) mass is 538 g/mol. The molecule has 0 N–H and O–H groups in total. The minimum Gasteiger partial charge on any atom is -0.291 e. The first-order valence-corrected chi connectivity index (χ1v) is 14.2. The molecule has 6 nitrogen and oxygen atoms in total. The third-order valence-electron chi connectivity index (χ3n) is 8.97. The molecule has 4 aliphatic rings. The third-order valence-corrected chi connectivity index (χ3v) is 8.97.